The molecule has 1 heterocycles. The minimum atomic E-state index is -5.08. The molecule has 0 bridgehead atoms. The van der Waals surface area contributed by atoms with Crippen LogP contribution >= 0.6 is 0 Å². The largest absolute Gasteiger partial charge is 0.493 e. The number of fused-ring (bicyclic) bond motifs is 1. The summed E-state index contributed by atoms with van der Waals surface area (Å²) in [5.41, 5.74) is -2.94. The third-order valence-corrected chi connectivity index (χ3v) is 6.70. The molecule has 230 valence electrons. The van der Waals surface area contributed by atoms with Gasteiger partial charge in [0.05, 0.1) is 50.8 Å². The molecule has 0 saturated heterocycles. The summed E-state index contributed by atoms with van der Waals surface area (Å²) in [4.78, 5) is 28.6. The van der Waals surface area contributed by atoms with Gasteiger partial charge in [0.2, 0.25) is 0 Å². The first kappa shape index (κ1) is 32.4. The highest BCUT2D eigenvalue weighted by molar-refractivity contribution is 5.91. The number of hydrogen-bond donors (Lipinski definition) is 0. The van der Waals surface area contributed by atoms with Crippen molar-refractivity contribution < 1.29 is 54.9 Å². The average molecular weight is 605 g/mol. The quantitative estimate of drug-likeness (QED) is 0.232. The van der Waals surface area contributed by atoms with Crippen molar-refractivity contribution >= 4 is 17.9 Å². The smallest absolute Gasteiger partial charge is 0.416 e. The summed E-state index contributed by atoms with van der Waals surface area (Å²) in [6.45, 7) is 4.71. The molecule has 0 aliphatic carbocycles. The molecular formula is C28H30F6N2O6. The minimum Gasteiger partial charge on any atom is -0.493 e. The minimum absolute atomic E-state index is 0.00745. The Morgan fingerprint density at radius 1 is 0.976 bits per heavy atom. The summed E-state index contributed by atoms with van der Waals surface area (Å²) in [5.74, 6) is 0.427. The van der Waals surface area contributed by atoms with E-state index in [1.807, 2.05) is 0 Å². The van der Waals surface area contributed by atoms with E-state index >= 15 is 0 Å². The number of anilines is 1. The first-order valence-electron chi connectivity index (χ1n) is 12.7. The number of benzene rings is 2. The van der Waals surface area contributed by atoms with Crippen molar-refractivity contribution in [3.63, 3.8) is 0 Å². The Morgan fingerprint density at radius 2 is 1.55 bits per heavy atom. The van der Waals surface area contributed by atoms with Gasteiger partial charge in [0.1, 0.15) is 0 Å². The fraction of sp³-hybridized carbons (Fsp3) is 0.429. The van der Waals surface area contributed by atoms with E-state index in [1.165, 1.54) is 37.3 Å². The summed E-state index contributed by atoms with van der Waals surface area (Å²) in [6.07, 6.45) is -10.1. The Kier molecular flexibility index (Phi) is 9.90. The standard InChI is InChI=1S/C28H30F6N2O6/c1-6-8-19-12-21(20-13-23(39-3)24(40-4)14-22(20)36(19)26(38)42-7-2)35(25(37)41-5)15-16-9-17(27(29,30)31)11-18(10-16)28(32,33)34/h6,9-11,13-14,19,21H,1,7-8,12,15H2,2-5H3/t19-,21+/m1/s1. The van der Waals surface area contributed by atoms with Gasteiger partial charge in [0.25, 0.3) is 0 Å². The average Bonchev–Trinajstić information content (AvgIpc) is 2.93. The molecule has 8 nitrogen and oxygen atoms in total. The van der Waals surface area contributed by atoms with Gasteiger partial charge in [-0.2, -0.15) is 26.3 Å². The van der Waals surface area contributed by atoms with Crippen molar-refractivity contribution in [3.8, 4) is 11.5 Å². The Hall–Kier alpha value is -4.10. The van der Waals surface area contributed by atoms with Crippen molar-refractivity contribution in [2.45, 2.75) is 50.7 Å². The third kappa shape index (κ3) is 6.85. The van der Waals surface area contributed by atoms with Crippen LogP contribution in [-0.4, -0.2) is 51.1 Å². The molecule has 2 aromatic carbocycles. The summed E-state index contributed by atoms with van der Waals surface area (Å²) >= 11 is 0. The lowest BCUT2D eigenvalue weighted by molar-refractivity contribution is -0.143. The second-order valence-electron chi connectivity index (χ2n) is 9.28. The van der Waals surface area contributed by atoms with Crippen LogP contribution in [0.4, 0.5) is 41.6 Å². The summed E-state index contributed by atoms with van der Waals surface area (Å²) < 4.78 is 102. The van der Waals surface area contributed by atoms with E-state index in [-0.39, 0.29) is 42.7 Å². The molecule has 1 aliphatic rings. The molecule has 0 spiro atoms. The zero-order valence-corrected chi connectivity index (χ0v) is 23.3. The first-order chi connectivity index (χ1) is 19.7. The molecule has 2 aromatic rings. The Labute approximate surface area is 238 Å². The van der Waals surface area contributed by atoms with Gasteiger partial charge >= 0.3 is 24.5 Å². The van der Waals surface area contributed by atoms with E-state index in [4.69, 9.17) is 18.9 Å². The third-order valence-electron chi connectivity index (χ3n) is 6.70. The molecule has 2 atom stereocenters. The lowest BCUT2D eigenvalue weighted by Gasteiger charge is -2.43. The number of ether oxygens (including phenoxy) is 4. The van der Waals surface area contributed by atoms with Crippen molar-refractivity contribution in [3.05, 3.63) is 65.2 Å². The number of halogens is 6. The Balaban J connectivity index is 2.26. The maximum absolute atomic E-state index is 13.6. The van der Waals surface area contributed by atoms with Gasteiger partial charge in [0.15, 0.2) is 11.5 Å². The van der Waals surface area contributed by atoms with E-state index in [2.05, 4.69) is 6.58 Å². The van der Waals surface area contributed by atoms with Gasteiger partial charge in [-0.25, -0.2) is 9.59 Å². The van der Waals surface area contributed by atoms with E-state index in [9.17, 15) is 35.9 Å². The Bertz CT molecular complexity index is 1280. The predicted octanol–water partition coefficient (Wildman–Crippen LogP) is 7.36. The second-order valence-corrected chi connectivity index (χ2v) is 9.28. The van der Waals surface area contributed by atoms with Gasteiger partial charge in [-0.15, -0.1) is 6.58 Å². The van der Waals surface area contributed by atoms with Gasteiger partial charge in [-0.1, -0.05) is 6.08 Å². The molecule has 0 unspecified atom stereocenters. The molecule has 1 aliphatic heterocycles. The summed E-state index contributed by atoms with van der Waals surface area (Å²) in [5, 5.41) is 0. The van der Waals surface area contributed by atoms with E-state index < -0.39 is 59.9 Å². The van der Waals surface area contributed by atoms with Crippen LogP contribution in [0.3, 0.4) is 0 Å². The van der Waals surface area contributed by atoms with Crippen LogP contribution < -0.4 is 14.4 Å². The topological polar surface area (TPSA) is 77.5 Å². The number of carbonyl (C=O) groups is 2. The van der Waals surface area contributed by atoms with Crippen molar-refractivity contribution in [2.75, 3.05) is 32.8 Å². The molecule has 0 fully saturated rings. The van der Waals surface area contributed by atoms with E-state index in [0.717, 1.165) is 12.0 Å². The lowest BCUT2D eigenvalue weighted by Crippen LogP contribution is -2.48. The fourth-order valence-electron chi connectivity index (χ4n) is 4.90. The van der Waals surface area contributed by atoms with E-state index in [0.29, 0.717) is 17.7 Å². The van der Waals surface area contributed by atoms with Crippen LogP contribution in [0.15, 0.2) is 43.0 Å². The normalized spacial score (nSPS) is 16.8. The molecular weight excluding hydrogens is 574 g/mol. The fourth-order valence-corrected chi connectivity index (χ4v) is 4.90. The molecule has 3 rings (SSSR count). The number of amides is 2. The monoisotopic (exact) mass is 604 g/mol. The molecule has 42 heavy (non-hydrogen) atoms. The van der Waals surface area contributed by atoms with Crippen molar-refractivity contribution in [1.29, 1.82) is 0 Å². The molecule has 14 heteroatoms. The van der Waals surface area contributed by atoms with Gasteiger partial charge < -0.3 is 18.9 Å². The molecule has 0 saturated carbocycles. The van der Waals surface area contributed by atoms with Crippen LogP contribution in [0, 0.1) is 0 Å². The predicted molar refractivity (Wildman–Crippen MR) is 139 cm³/mol. The summed E-state index contributed by atoms with van der Waals surface area (Å²) in [6, 6.07) is 2.41. The SMILES string of the molecule is C=CC[C@@H]1C[C@H](N(Cc2cc(C(F)(F)F)cc(C(F)(F)F)c2)C(=O)OC)c2cc(OC)c(OC)cc2N1C(=O)OCC. The maximum atomic E-state index is 13.6. The van der Waals surface area contributed by atoms with Gasteiger partial charge in [-0.3, -0.25) is 9.80 Å². The number of rotatable bonds is 8. The summed E-state index contributed by atoms with van der Waals surface area (Å²) in [7, 11) is 3.76. The van der Waals surface area contributed by atoms with E-state index in [1.54, 1.807) is 6.92 Å². The number of nitrogens with zero attached hydrogens (tertiary/aromatic N) is 2. The highest BCUT2D eigenvalue weighted by atomic mass is 19.4. The second kappa shape index (κ2) is 12.8. The number of methoxy groups -OCH3 is 3. The van der Waals surface area contributed by atoms with Crippen LogP contribution in [0.2, 0.25) is 0 Å². The highest BCUT2D eigenvalue weighted by Crippen LogP contribution is 2.47. The van der Waals surface area contributed by atoms with Crippen LogP contribution in [0.5, 0.6) is 11.5 Å². The van der Waals surface area contributed by atoms with Crippen molar-refractivity contribution in [2.24, 2.45) is 0 Å². The first-order valence-corrected chi connectivity index (χ1v) is 12.7. The highest BCUT2D eigenvalue weighted by Gasteiger charge is 2.42. The van der Waals surface area contributed by atoms with Crippen LogP contribution in [0.1, 0.15) is 48.1 Å². The van der Waals surface area contributed by atoms with Crippen LogP contribution in [0.25, 0.3) is 0 Å². The maximum Gasteiger partial charge on any atom is 0.416 e. The van der Waals surface area contributed by atoms with Gasteiger partial charge in [-0.05, 0) is 49.6 Å². The molecule has 0 aromatic heterocycles. The van der Waals surface area contributed by atoms with Crippen LogP contribution in [-0.2, 0) is 28.4 Å². The molecule has 0 N–H and O–H groups in total. The zero-order chi connectivity index (χ0) is 31.4. The molecule has 2 amide bonds. The number of hydrogen-bond acceptors (Lipinski definition) is 6. The zero-order valence-electron chi connectivity index (χ0n) is 23.3. The number of carbonyl (C=O) groups excluding carboxylic acids is 2. The number of alkyl halides is 6. The van der Waals surface area contributed by atoms with Gasteiger partial charge in [0, 0.05) is 24.2 Å². The molecule has 0 radical (unpaired) electrons. The lowest BCUT2D eigenvalue weighted by atomic mass is 9.88. The Morgan fingerprint density at radius 3 is 2.02 bits per heavy atom. The van der Waals surface area contributed by atoms with Crippen molar-refractivity contribution in [1.82, 2.24) is 4.90 Å².